The second-order valence-corrected chi connectivity index (χ2v) is 9.31. The van der Waals surface area contributed by atoms with E-state index in [1.165, 1.54) is 19.3 Å². The van der Waals surface area contributed by atoms with Crippen molar-refractivity contribution in [1.29, 1.82) is 0 Å². The lowest BCUT2D eigenvalue weighted by Gasteiger charge is -2.64. The molecule has 4 aliphatic rings. The Bertz CT molecular complexity index is 605. The van der Waals surface area contributed by atoms with Gasteiger partial charge in [0.25, 0.3) is 0 Å². The van der Waals surface area contributed by atoms with Gasteiger partial charge in [0.05, 0.1) is 5.41 Å². The molecule has 0 aliphatic heterocycles. The van der Waals surface area contributed by atoms with Crippen LogP contribution in [0.1, 0.15) is 52.4 Å². The molecule has 0 spiro atoms. The number of rotatable bonds is 2. The standard InChI is InChI=1S/C19H24ClNO/c1-17-7-13-8-18(2,10-17)12-19(9-13,11-17)16(22)21-15-5-3-14(20)4-6-15/h3-6,13H,7-12H2,1-2H3,(H,21,22)/t13?,17-,18-,19?/m1/s1. The van der Waals surface area contributed by atoms with E-state index < -0.39 is 0 Å². The molecule has 4 fully saturated rings. The Balaban J connectivity index is 1.61. The van der Waals surface area contributed by atoms with Crippen LogP contribution in [0.4, 0.5) is 5.69 Å². The largest absolute Gasteiger partial charge is 0.326 e. The van der Waals surface area contributed by atoms with E-state index in [-0.39, 0.29) is 11.3 Å². The quantitative estimate of drug-likeness (QED) is 0.790. The molecule has 5 rings (SSSR count). The first-order chi connectivity index (χ1) is 10.3. The lowest BCUT2D eigenvalue weighted by molar-refractivity contribution is -0.165. The molecule has 2 nitrogen and oxygen atoms in total. The lowest BCUT2D eigenvalue weighted by Crippen LogP contribution is -2.58. The fraction of sp³-hybridized carbons (Fsp3) is 0.632. The highest BCUT2D eigenvalue weighted by molar-refractivity contribution is 6.30. The molecular formula is C19H24ClNO. The van der Waals surface area contributed by atoms with Gasteiger partial charge >= 0.3 is 0 Å². The minimum absolute atomic E-state index is 0.150. The molecule has 0 saturated heterocycles. The third kappa shape index (κ3) is 2.27. The molecule has 22 heavy (non-hydrogen) atoms. The van der Waals surface area contributed by atoms with Gasteiger partial charge in [0.1, 0.15) is 0 Å². The van der Waals surface area contributed by atoms with Crippen molar-refractivity contribution in [2.45, 2.75) is 52.4 Å². The summed E-state index contributed by atoms with van der Waals surface area (Å²) in [5, 5.41) is 3.86. The van der Waals surface area contributed by atoms with E-state index in [4.69, 9.17) is 11.6 Å². The first kappa shape index (κ1) is 14.6. The van der Waals surface area contributed by atoms with Gasteiger partial charge in [0.2, 0.25) is 5.91 Å². The van der Waals surface area contributed by atoms with E-state index in [1.807, 2.05) is 24.3 Å². The van der Waals surface area contributed by atoms with Gasteiger partial charge in [-0.05, 0) is 79.5 Å². The normalized spacial score (nSPS) is 42.4. The van der Waals surface area contributed by atoms with Crippen LogP contribution in [-0.2, 0) is 4.79 Å². The highest BCUT2D eigenvalue weighted by Gasteiger charge is 2.62. The van der Waals surface area contributed by atoms with Gasteiger partial charge in [-0.25, -0.2) is 0 Å². The first-order valence-corrected chi connectivity index (χ1v) is 8.75. The summed E-state index contributed by atoms with van der Waals surface area (Å²) >= 11 is 5.93. The number of anilines is 1. The van der Waals surface area contributed by atoms with Gasteiger partial charge in [-0.3, -0.25) is 4.79 Å². The number of amides is 1. The molecule has 1 N–H and O–H groups in total. The molecular weight excluding hydrogens is 294 g/mol. The van der Waals surface area contributed by atoms with Gasteiger partial charge in [0, 0.05) is 10.7 Å². The summed E-state index contributed by atoms with van der Waals surface area (Å²) in [5.41, 5.74) is 1.44. The van der Waals surface area contributed by atoms with Crippen LogP contribution >= 0.6 is 11.6 Å². The number of nitrogens with one attached hydrogen (secondary N) is 1. The van der Waals surface area contributed by atoms with E-state index in [0.29, 0.717) is 15.9 Å². The minimum Gasteiger partial charge on any atom is -0.326 e. The lowest BCUT2D eigenvalue weighted by atomic mass is 9.40. The topological polar surface area (TPSA) is 29.1 Å². The Morgan fingerprint density at radius 3 is 2.18 bits per heavy atom. The summed E-state index contributed by atoms with van der Waals surface area (Å²) in [4.78, 5) is 13.1. The van der Waals surface area contributed by atoms with Crippen molar-refractivity contribution in [3.63, 3.8) is 0 Å². The van der Waals surface area contributed by atoms with Crippen LogP contribution in [0.25, 0.3) is 0 Å². The number of carbonyl (C=O) groups excluding carboxylic acids is 1. The van der Waals surface area contributed by atoms with Gasteiger partial charge in [-0.15, -0.1) is 0 Å². The average molecular weight is 318 g/mol. The molecule has 118 valence electrons. The van der Waals surface area contributed by atoms with E-state index in [1.54, 1.807) is 0 Å². The Morgan fingerprint density at radius 1 is 1.05 bits per heavy atom. The van der Waals surface area contributed by atoms with E-state index in [9.17, 15) is 4.79 Å². The van der Waals surface area contributed by atoms with Crippen molar-refractivity contribution >= 4 is 23.2 Å². The molecule has 1 amide bonds. The van der Waals surface area contributed by atoms with Crippen molar-refractivity contribution in [3.8, 4) is 0 Å². The molecule has 4 aliphatic carbocycles. The molecule has 0 heterocycles. The average Bonchev–Trinajstić information content (AvgIpc) is 2.37. The summed E-state index contributed by atoms with van der Waals surface area (Å²) in [6.07, 6.45) is 7.14. The summed E-state index contributed by atoms with van der Waals surface area (Å²) in [7, 11) is 0. The monoisotopic (exact) mass is 317 g/mol. The zero-order chi connectivity index (χ0) is 15.6. The molecule has 3 heteroatoms. The Labute approximate surface area is 137 Å². The molecule has 4 saturated carbocycles. The van der Waals surface area contributed by atoms with Crippen molar-refractivity contribution in [2.75, 3.05) is 5.32 Å². The molecule has 1 aromatic carbocycles. The molecule has 0 unspecified atom stereocenters. The predicted molar refractivity (Wildman–Crippen MR) is 89.9 cm³/mol. The fourth-order valence-corrected chi connectivity index (χ4v) is 6.62. The van der Waals surface area contributed by atoms with Crippen LogP contribution in [0.5, 0.6) is 0 Å². The number of halogens is 1. The SMILES string of the molecule is C[C@]12CC3CC(C(=O)Nc4ccc(Cl)cc4)(C1)C[C@](C)(C3)C2. The second kappa shape index (κ2) is 4.50. The molecule has 0 radical (unpaired) electrons. The van der Waals surface area contributed by atoms with Crippen LogP contribution in [0.15, 0.2) is 24.3 Å². The maximum atomic E-state index is 13.1. The zero-order valence-electron chi connectivity index (χ0n) is 13.4. The van der Waals surface area contributed by atoms with Crippen LogP contribution < -0.4 is 5.32 Å². The van der Waals surface area contributed by atoms with Crippen molar-refractivity contribution < 1.29 is 4.79 Å². The van der Waals surface area contributed by atoms with Gasteiger partial charge in [0.15, 0.2) is 0 Å². The summed E-state index contributed by atoms with van der Waals surface area (Å²) in [6, 6.07) is 7.45. The molecule has 4 bridgehead atoms. The third-order valence-corrected chi connectivity index (χ3v) is 6.46. The van der Waals surface area contributed by atoms with Crippen molar-refractivity contribution in [3.05, 3.63) is 29.3 Å². The minimum atomic E-state index is -0.150. The highest BCUT2D eigenvalue weighted by Crippen LogP contribution is 2.69. The van der Waals surface area contributed by atoms with Crippen LogP contribution in [0.2, 0.25) is 5.02 Å². The smallest absolute Gasteiger partial charge is 0.230 e. The third-order valence-electron chi connectivity index (χ3n) is 6.21. The number of hydrogen-bond acceptors (Lipinski definition) is 1. The van der Waals surface area contributed by atoms with Gasteiger partial charge in [-0.1, -0.05) is 25.4 Å². The zero-order valence-corrected chi connectivity index (χ0v) is 14.2. The summed E-state index contributed by atoms with van der Waals surface area (Å²) < 4.78 is 0. The van der Waals surface area contributed by atoms with E-state index in [0.717, 1.165) is 30.9 Å². The Kier molecular flexibility index (Phi) is 2.98. The number of hydrogen-bond donors (Lipinski definition) is 1. The highest BCUT2D eigenvalue weighted by atomic mass is 35.5. The van der Waals surface area contributed by atoms with Crippen molar-refractivity contribution in [2.24, 2.45) is 22.2 Å². The van der Waals surface area contributed by atoms with Gasteiger partial charge < -0.3 is 5.32 Å². The van der Waals surface area contributed by atoms with Gasteiger partial charge in [-0.2, -0.15) is 0 Å². The second-order valence-electron chi connectivity index (χ2n) is 8.87. The molecule has 1 aromatic rings. The predicted octanol–water partition coefficient (Wildman–Crippen LogP) is 5.28. The number of carbonyl (C=O) groups is 1. The number of benzene rings is 1. The van der Waals surface area contributed by atoms with E-state index >= 15 is 0 Å². The first-order valence-electron chi connectivity index (χ1n) is 8.37. The molecule has 0 aromatic heterocycles. The summed E-state index contributed by atoms with van der Waals surface area (Å²) in [5.74, 6) is 0.971. The van der Waals surface area contributed by atoms with Crippen molar-refractivity contribution in [1.82, 2.24) is 0 Å². The summed E-state index contributed by atoms with van der Waals surface area (Å²) in [6.45, 7) is 4.81. The van der Waals surface area contributed by atoms with Crippen LogP contribution in [0.3, 0.4) is 0 Å². The maximum absolute atomic E-state index is 13.1. The fourth-order valence-electron chi connectivity index (χ4n) is 6.50. The molecule has 2 atom stereocenters. The Hall–Kier alpha value is -1.02. The maximum Gasteiger partial charge on any atom is 0.230 e. The van der Waals surface area contributed by atoms with E-state index in [2.05, 4.69) is 19.2 Å². The van der Waals surface area contributed by atoms with Crippen LogP contribution in [-0.4, -0.2) is 5.91 Å². The van der Waals surface area contributed by atoms with Crippen LogP contribution in [0, 0.1) is 22.2 Å². The Morgan fingerprint density at radius 2 is 1.64 bits per heavy atom.